The van der Waals surface area contributed by atoms with Gasteiger partial charge in [-0.15, -0.1) is 0 Å². The molecule has 1 rings (SSSR count). The van der Waals surface area contributed by atoms with Crippen LogP contribution >= 0.6 is 11.6 Å². The minimum Gasteiger partial charge on any atom is -0.380 e. The maximum absolute atomic E-state index is 8.45. The summed E-state index contributed by atoms with van der Waals surface area (Å²) in [6.07, 6.45) is 0. The van der Waals surface area contributed by atoms with Gasteiger partial charge in [-0.2, -0.15) is 5.26 Å². The van der Waals surface area contributed by atoms with E-state index in [1.165, 1.54) is 0 Å². The van der Waals surface area contributed by atoms with Crippen molar-refractivity contribution in [1.29, 1.82) is 5.26 Å². The molecule has 0 unspecified atom stereocenters. The van der Waals surface area contributed by atoms with Crippen LogP contribution in [0.25, 0.3) is 0 Å². The molecule has 66 valence electrons. The quantitative estimate of drug-likeness (QED) is 0.748. The van der Waals surface area contributed by atoms with Gasteiger partial charge in [0.05, 0.1) is 6.07 Å². The van der Waals surface area contributed by atoms with E-state index in [1.54, 1.807) is 12.1 Å². The lowest BCUT2D eigenvalue weighted by Crippen LogP contribution is -2.02. The number of hydrogen-bond donors (Lipinski definition) is 1. The molecule has 0 aliphatic carbocycles. The van der Waals surface area contributed by atoms with Gasteiger partial charge in [-0.25, -0.2) is 0 Å². The third-order valence-corrected chi connectivity index (χ3v) is 1.76. The van der Waals surface area contributed by atoms with Crippen LogP contribution in [0.3, 0.4) is 0 Å². The molecule has 1 N–H and O–H groups in total. The van der Waals surface area contributed by atoms with Crippen LogP contribution in [0.5, 0.6) is 0 Å². The van der Waals surface area contributed by atoms with Gasteiger partial charge in [-0.05, 0) is 24.3 Å². The Labute approximate surface area is 82.4 Å². The van der Waals surface area contributed by atoms with Gasteiger partial charge in [0.25, 0.3) is 0 Å². The summed E-state index contributed by atoms with van der Waals surface area (Å²) in [6.45, 7) is 4.03. The van der Waals surface area contributed by atoms with Crippen molar-refractivity contribution < 1.29 is 0 Å². The molecule has 13 heavy (non-hydrogen) atoms. The largest absolute Gasteiger partial charge is 0.380 e. The third kappa shape index (κ3) is 3.18. The van der Waals surface area contributed by atoms with Crippen molar-refractivity contribution in [3.63, 3.8) is 0 Å². The fourth-order valence-corrected chi connectivity index (χ4v) is 0.942. The second kappa shape index (κ2) is 4.54. The molecule has 0 bridgehead atoms. The van der Waals surface area contributed by atoms with Crippen molar-refractivity contribution in [3.05, 3.63) is 41.4 Å². The molecular weight excluding hydrogens is 184 g/mol. The van der Waals surface area contributed by atoms with Crippen LogP contribution in [0.4, 0.5) is 5.69 Å². The molecule has 1 aromatic rings. The van der Waals surface area contributed by atoms with Crippen LogP contribution < -0.4 is 5.32 Å². The Morgan fingerprint density at radius 3 is 2.62 bits per heavy atom. The molecule has 0 saturated heterocycles. The first-order valence-corrected chi connectivity index (χ1v) is 4.17. The van der Waals surface area contributed by atoms with E-state index >= 15 is 0 Å². The number of halogens is 1. The summed E-state index contributed by atoms with van der Waals surface area (Å²) in [7, 11) is 0. The molecular formula is C10H9ClN2. The van der Waals surface area contributed by atoms with Gasteiger partial charge >= 0.3 is 0 Å². The Hall–Kier alpha value is -1.46. The van der Waals surface area contributed by atoms with Crippen LogP contribution in [0, 0.1) is 11.3 Å². The highest BCUT2D eigenvalue weighted by Gasteiger charge is 1.93. The van der Waals surface area contributed by atoms with Gasteiger partial charge in [-0.3, -0.25) is 0 Å². The summed E-state index contributed by atoms with van der Waals surface area (Å²) in [6, 6.07) is 9.25. The Kier molecular flexibility index (Phi) is 3.36. The summed E-state index contributed by atoms with van der Waals surface area (Å²) < 4.78 is 0. The predicted octanol–water partition coefficient (Wildman–Crippen LogP) is 2.83. The monoisotopic (exact) mass is 192 g/mol. The van der Waals surface area contributed by atoms with Crippen LogP contribution in [0.2, 0.25) is 5.02 Å². The van der Waals surface area contributed by atoms with Crippen molar-refractivity contribution in [2.24, 2.45) is 0 Å². The number of nitriles is 1. The fraction of sp³-hybridized carbons (Fsp3) is 0.100. The van der Waals surface area contributed by atoms with Gasteiger partial charge in [0.15, 0.2) is 0 Å². The van der Waals surface area contributed by atoms with E-state index in [0.29, 0.717) is 17.1 Å². The molecule has 2 nitrogen and oxygen atoms in total. The Bertz CT molecular complexity index is 335. The number of rotatable bonds is 3. The maximum Gasteiger partial charge on any atom is 0.0959 e. The van der Waals surface area contributed by atoms with E-state index in [1.807, 2.05) is 18.2 Å². The maximum atomic E-state index is 8.45. The number of nitrogens with one attached hydrogen (secondary N) is 1. The zero-order valence-electron chi connectivity index (χ0n) is 7.05. The molecule has 0 fully saturated rings. The Morgan fingerprint density at radius 1 is 1.46 bits per heavy atom. The molecule has 0 amide bonds. The highest BCUT2D eigenvalue weighted by Crippen LogP contribution is 2.13. The van der Waals surface area contributed by atoms with Gasteiger partial charge in [-0.1, -0.05) is 18.2 Å². The molecule has 0 atom stereocenters. The minimum absolute atomic E-state index is 0.470. The van der Waals surface area contributed by atoms with Gasteiger partial charge < -0.3 is 5.32 Å². The molecule has 0 radical (unpaired) electrons. The van der Waals surface area contributed by atoms with Gasteiger partial charge in [0, 0.05) is 22.8 Å². The second-order valence-corrected chi connectivity index (χ2v) is 3.01. The fourth-order valence-electron chi connectivity index (χ4n) is 0.816. The highest BCUT2D eigenvalue weighted by molar-refractivity contribution is 6.30. The topological polar surface area (TPSA) is 35.8 Å². The van der Waals surface area contributed by atoms with Crippen LogP contribution in [-0.4, -0.2) is 6.54 Å². The van der Waals surface area contributed by atoms with E-state index < -0.39 is 0 Å². The van der Waals surface area contributed by atoms with E-state index in [-0.39, 0.29) is 0 Å². The summed E-state index contributed by atoms with van der Waals surface area (Å²) in [5.41, 5.74) is 1.44. The van der Waals surface area contributed by atoms with E-state index in [0.717, 1.165) is 5.69 Å². The second-order valence-electron chi connectivity index (χ2n) is 2.58. The molecule has 1 aromatic carbocycles. The zero-order chi connectivity index (χ0) is 9.68. The van der Waals surface area contributed by atoms with Crippen molar-refractivity contribution in [1.82, 2.24) is 0 Å². The molecule has 0 saturated carbocycles. The SMILES string of the molecule is C=C(C#N)CNc1ccc(Cl)cc1. The Morgan fingerprint density at radius 2 is 2.08 bits per heavy atom. The molecule has 0 aliphatic rings. The van der Waals surface area contributed by atoms with Crippen molar-refractivity contribution in [2.45, 2.75) is 0 Å². The van der Waals surface area contributed by atoms with E-state index in [9.17, 15) is 0 Å². The van der Waals surface area contributed by atoms with Crippen LogP contribution in [0.15, 0.2) is 36.4 Å². The normalized spacial score (nSPS) is 8.92. The first-order chi connectivity index (χ1) is 6.22. The molecule has 0 heterocycles. The molecule has 0 aromatic heterocycles. The first-order valence-electron chi connectivity index (χ1n) is 3.79. The van der Waals surface area contributed by atoms with E-state index in [4.69, 9.17) is 16.9 Å². The van der Waals surface area contributed by atoms with Gasteiger partial charge in [0.1, 0.15) is 0 Å². The Balaban J connectivity index is 2.52. The zero-order valence-corrected chi connectivity index (χ0v) is 7.80. The summed E-state index contributed by atoms with van der Waals surface area (Å²) in [4.78, 5) is 0. The standard InChI is InChI=1S/C10H9ClN2/c1-8(6-12)7-13-10-4-2-9(11)3-5-10/h2-5,13H,1,7H2. The number of anilines is 1. The predicted molar refractivity (Wildman–Crippen MR) is 54.7 cm³/mol. The highest BCUT2D eigenvalue weighted by atomic mass is 35.5. The van der Waals surface area contributed by atoms with Crippen molar-refractivity contribution >= 4 is 17.3 Å². The molecule has 0 spiro atoms. The van der Waals surface area contributed by atoms with Crippen LogP contribution in [0.1, 0.15) is 0 Å². The smallest absolute Gasteiger partial charge is 0.0959 e. The van der Waals surface area contributed by atoms with Gasteiger partial charge in [0.2, 0.25) is 0 Å². The molecule has 3 heteroatoms. The first kappa shape index (κ1) is 9.63. The summed E-state index contributed by atoms with van der Waals surface area (Å²) in [5, 5.41) is 12.2. The summed E-state index contributed by atoms with van der Waals surface area (Å²) in [5.74, 6) is 0. The molecule has 0 aliphatic heterocycles. The number of nitrogens with zero attached hydrogens (tertiary/aromatic N) is 1. The lowest BCUT2D eigenvalue weighted by atomic mass is 10.3. The van der Waals surface area contributed by atoms with Crippen molar-refractivity contribution in [3.8, 4) is 6.07 Å². The number of hydrogen-bond acceptors (Lipinski definition) is 2. The lowest BCUT2D eigenvalue weighted by molar-refractivity contribution is 1.27. The minimum atomic E-state index is 0.470. The number of benzene rings is 1. The average molecular weight is 193 g/mol. The van der Waals surface area contributed by atoms with E-state index in [2.05, 4.69) is 11.9 Å². The van der Waals surface area contributed by atoms with Crippen molar-refractivity contribution in [2.75, 3.05) is 11.9 Å². The third-order valence-electron chi connectivity index (χ3n) is 1.51. The average Bonchev–Trinajstić information content (AvgIpc) is 2.16. The lowest BCUT2D eigenvalue weighted by Gasteiger charge is -2.03. The summed E-state index contributed by atoms with van der Waals surface area (Å²) >= 11 is 5.70. The van der Waals surface area contributed by atoms with Crippen LogP contribution in [-0.2, 0) is 0 Å².